The number of halogens is 2. The van der Waals surface area contributed by atoms with Crippen LogP contribution in [0.15, 0.2) is 84.3 Å². The molecule has 214 valence electrons. The molecule has 1 amide bonds. The molecule has 0 fully saturated rings. The van der Waals surface area contributed by atoms with E-state index in [2.05, 4.69) is 40.6 Å². The van der Waals surface area contributed by atoms with Gasteiger partial charge in [-0.1, -0.05) is 11.3 Å². The molecule has 42 heavy (non-hydrogen) atoms. The number of nitrogens with one attached hydrogen (secondary N) is 3. The summed E-state index contributed by atoms with van der Waals surface area (Å²) in [7, 11) is -4.08. The highest BCUT2D eigenvalue weighted by Crippen LogP contribution is 2.24. The van der Waals surface area contributed by atoms with Crippen LogP contribution >= 0.6 is 0 Å². The van der Waals surface area contributed by atoms with Gasteiger partial charge >= 0.3 is 0 Å². The van der Waals surface area contributed by atoms with Gasteiger partial charge in [-0.2, -0.15) is 0 Å². The lowest BCUT2D eigenvalue weighted by molar-refractivity contribution is 0.102. The highest BCUT2D eigenvalue weighted by atomic mass is 32.2. The van der Waals surface area contributed by atoms with Gasteiger partial charge in [0.05, 0.1) is 23.3 Å². The van der Waals surface area contributed by atoms with Crippen molar-refractivity contribution < 1.29 is 22.0 Å². The van der Waals surface area contributed by atoms with Gasteiger partial charge in [-0.15, -0.1) is 5.10 Å². The molecule has 0 aliphatic rings. The molecule has 2 aromatic carbocycles. The number of amides is 1. The fraction of sp³-hybridized carbons (Fsp3) is 0.111. The maximum Gasteiger partial charge on any atom is 0.277 e. The van der Waals surface area contributed by atoms with Crippen LogP contribution in [-0.2, 0) is 16.6 Å². The van der Waals surface area contributed by atoms with Gasteiger partial charge in [0.1, 0.15) is 0 Å². The lowest BCUT2D eigenvalue weighted by atomic mass is 10.1. The van der Waals surface area contributed by atoms with Crippen LogP contribution in [0.1, 0.15) is 16.1 Å². The highest BCUT2D eigenvalue weighted by molar-refractivity contribution is 7.89. The summed E-state index contributed by atoms with van der Waals surface area (Å²) in [6.45, 7) is 1.79. The first kappa shape index (κ1) is 28.4. The van der Waals surface area contributed by atoms with Crippen molar-refractivity contribution >= 4 is 33.3 Å². The van der Waals surface area contributed by atoms with Crippen molar-refractivity contribution in [1.82, 2.24) is 34.7 Å². The molecule has 12 nitrogen and oxygen atoms in total. The van der Waals surface area contributed by atoms with Crippen molar-refractivity contribution in [3.05, 3.63) is 102 Å². The molecule has 0 atom stereocenters. The van der Waals surface area contributed by atoms with Gasteiger partial charge in [0.2, 0.25) is 16.0 Å². The zero-order chi connectivity index (χ0) is 29.7. The van der Waals surface area contributed by atoms with Crippen molar-refractivity contribution in [2.75, 3.05) is 17.2 Å². The van der Waals surface area contributed by atoms with Crippen molar-refractivity contribution in [2.45, 2.75) is 18.4 Å². The Labute approximate surface area is 238 Å². The number of pyridine rings is 1. The number of rotatable bonds is 10. The van der Waals surface area contributed by atoms with Crippen LogP contribution < -0.4 is 15.4 Å². The maximum absolute atomic E-state index is 13.4. The minimum atomic E-state index is -4.08. The van der Waals surface area contributed by atoms with E-state index in [0.717, 1.165) is 23.3 Å². The lowest BCUT2D eigenvalue weighted by Gasteiger charge is -2.11. The number of carbonyl (C=O) groups is 1. The molecule has 5 aromatic rings. The Kier molecular flexibility index (Phi) is 8.21. The third-order valence-electron chi connectivity index (χ3n) is 5.96. The van der Waals surface area contributed by atoms with E-state index in [1.54, 1.807) is 36.8 Å². The summed E-state index contributed by atoms with van der Waals surface area (Å²) in [5.74, 6) is -2.59. The van der Waals surface area contributed by atoms with Gasteiger partial charge in [0, 0.05) is 42.1 Å². The monoisotopic (exact) mass is 591 g/mol. The number of carbonyl (C=O) groups excluding carboxylic acids is 1. The van der Waals surface area contributed by atoms with E-state index in [1.165, 1.54) is 10.9 Å². The van der Waals surface area contributed by atoms with Crippen molar-refractivity contribution in [3.63, 3.8) is 0 Å². The summed E-state index contributed by atoms with van der Waals surface area (Å²) >= 11 is 0. The van der Waals surface area contributed by atoms with Crippen molar-refractivity contribution in [2.24, 2.45) is 0 Å². The summed E-state index contributed by atoms with van der Waals surface area (Å²) in [5.41, 5.74) is 3.58. The van der Waals surface area contributed by atoms with E-state index in [1.807, 2.05) is 25.1 Å². The SMILES string of the molecule is Cc1ccc(NC(=O)c2cn(CCNS(=O)(=O)c3ccc(F)c(F)c3)nn2)cc1Nc1nccc(-c2cccnc2)n1. The molecular weight excluding hydrogens is 568 g/mol. The molecule has 3 heterocycles. The van der Waals surface area contributed by atoms with Gasteiger partial charge in [0.25, 0.3) is 5.91 Å². The zero-order valence-corrected chi connectivity index (χ0v) is 22.8. The number of aryl methyl sites for hydroxylation is 1. The number of sulfonamides is 1. The first-order chi connectivity index (χ1) is 20.2. The molecule has 3 aromatic heterocycles. The second-order valence-electron chi connectivity index (χ2n) is 8.96. The highest BCUT2D eigenvalue weighted by Gasteiger charge is 2.17. The summed E-state index contributed by atoms with van der Waals surface area (Å²) in [6, 6.07) is 13.0. The van der Waals surface area contributed by atoms with Gasteiger partial charge in [0.15, 0.2) is 17.3 Å². The predicted octanol–water partition coefficient (Wildman–Crippen LogP) is 3.69. The predicted molar refractivity (Wildman–Crippen MR) is 149 cm³/mol. The molecule has 3 N–H and O–H groups in total. The van der Waals surface area contributed by atoms with E-state index in [-0.39, 0.29) is 18.8 Å². The maximum atomic E-state index is 13.4. The summed E-state index contributed by atoms with van der Waals surface area (Å²) < 4.78 is 54.7. The molecule has 0 unspecified atom stereocenters. The number of aromatic nitrogens is 6. The minimum absolute atomic E-state index is 0.000974. The number of hydrogen-bond acceptors (Lipinski definition) is 9. The molecule has 0 bridgehead atoms. The van der Waals surface area contributed by atoms with Crippen LogP contribution in [0.3, 0.4) is 0 Å². The average molecular weight is 592 g/mol. The second kappa shape index (κ2) is 12.2. The quantitative estimate of drug-likeness (QED) is 0.220. The van der Waals surface area contributed by atoms with E-state index >= 15 is 0 Å². The average Bonchev–Trinajstić information content (AvgIpc) is 3.46. The second-order valence-corrected chi connectivity index (χ2v) is 10.7. The Balaban J connectivity index is 1.20. The first-order valence-corrected chi connectivity index (χ1v) is 13.9. The third-order valence-corrected chi connectivity index (χ3v) is 7.42. The largest absolute Gasteiger partial charge is 0.324 e. The molecule has 5 rings (SSSR count). The smallest absolute Gasteiger partial charge is 0.277 e. The molecule has 0 radical (unpaired) electrons. The van der Waals surface area contributed by atoms with Gasteiger partial charge in [-0.05, 0) is 61.0 Å². The number of hydrogen-bond donors (Lipinski definition) is 3. The molecule has 15 heteroatoms. The Morgan fingerprint density at radius 2 is 1.88 bits per heavy atom. The van der Waals surface area contributed by atoms with Gasteiger partial charge in [-0.25, -0.2) is 31.9 Å². The summed E-state index contributed by atoms with van der Waals surface area (Å²) in [4.78, 5) is 25.3. The summed E-state index contributed by atoms with van der Waals surface area (Å²) in [5, 5.41) is 13.6. The first-order valence-electron chi connectivity index (χ1n) is 12.5. The van der Waals surface area contributed by atoms with E-state index in [0.29, 0.717) is 29.1 Å². The van der Waals surface area contributed by atoms with Crippen LogP contribution in [-0.4, -0.2) is 50.8 Å². The van der Waals surface area contributed by atoms with Crippen LogP contribution in [0.5, 0.6) is 0 Å². The molecule has 0 saturated heterocycles. The van der Waals surface area contributed by atoms with E-state index in [4.69, 9.17) is 0 Å². The Hall–Kier alpha value is -5.15. The van der Waals surface area contributed by atoms with E-state index < -0.39 is 32.5 Å². The number of anilines is 3. The molecular formula is C27H23F2N9O3S. The molecule has 0 saturated carbocycles. The fourth-order valence-electron chi connectivity index (χ4n) is 3.78. The third kappa shape index (κ3) is 6.76. The van der Waals surface area contributed by atoms with Crippen molar-refractivity contribution in [1.29, 1.82) is 0 Å². The number of nitrogens with zero attached hydrogens (tertiary/aromatic N) is 6. The zero-order valence-electron chi connectivity index (χ0n) is 22.0. The fourth-order valence-corrected chi connectivity index (χ4v) is 4.81. The van der Waals surface area contributed by atoms with Crippen LogP contribution in [0, 0.1) is 18.6 Å². The summed E-state index contributed by atoms with van der Waals surface area (Å²) in [6.07, 6.45) is 6.37. The topological polar surface area (TPSA) is 157 Å². The number of benzene rings is 2. The van der Waals surface area contributed by atoms with Crippen LogP contribution in [0.4, 0.5) is 26.1 Å². The Morgan fingerprint density at radius 3 is 2.67 bits per heavy atom. The Bertz CT molecular complexity index is 1850. The molecule has 0 aliphatic carbocycles. The minimum Gasteiger partial charge on any atom is -0.324 e. The van der Waals surface area contributed by atoms with Crippen LogP contribution in [0.25, 0.3) is 11.3 Å². The van der Waals surface area contributed by atoms with Gasteiger partial charge < -0.3 is 10.6 Å². The van der Waals surface area contributed by atoms with Crippen LogP contribution in [0.2, 0.25) is 0 Å². The normalized spacial score (nSPS) is 11.3. The Morgan fingerprint density at radius 1 is 1.02 bits per heavy atom. The van der Waals surface area contributed by atoms with Crippen molar-refractivity contribution in [3.8, 4) is 11.3 Å². The molecule has 0 spiro atoms. The standard InChI is InChI=1S/C27H23F2N9O3S/c1-17-4-5-19(13-24(17)35-27-31-10-8-23(34-27)18-3-2-9-30-15-18)33-26(39)25-16-38(37-36-25)12-11-32-42(40,41)20-6-7-21(28)22(29)14-20/h2-10,13-16,32H,11-12H2,1H3,(H,33,39)(H,31,34,35). The molecule has 0 aliphatic heterocycles. The van der Waals surface area contributed by atoms with E-state index in [9.17, 15) is 22.0 Å². The lowest BCUT2D eigenvalue weighted by Crippen LogP contribution is -2.27. The van der Waals surface area contributed by atoms with Gasteiger partial charge in [-0.3, -0.25) is 14.5 Å².